The van der Waals surface area contributed by atoms with Gasteiger partial charge in [0.05, 0.1) is 40.0 Å². The molecule has 0 saturated heterocycles. The van der Waals surface area contributed by atoms with Gasteiger partial charge in [0.2, 0.25) is 0 Å². The number of esters is 2. The summed E-state index contributed by atoms with van der Waals surface area (Å²) in [6.45, 7) is 3.78. The molecule has 13 heteroatoms. The fraction of sp³-hybridized carbons (Fsp3) is 0.740. The van der Waals surface area contributed by atoms with Gasteiger partial charge in [0.1, 0.15) is 25.5 Å². The minimum absolute atomic E-state index is 0.0442. The number of allylic oxidation sites excluding steroid dienone is 8. The van der Waals surface area contributed by atoms with Crippen LogP contribution in [0.4, 0.5) is 0 Å². The van der Waals surface area contributed by atoms with Gasteiger partial charge >= 0.3 is 11.9 Å². The molecule has 1 aliphatic rings. The van der Waals surface area contributed by atoms with Gasteiger partial charge in [-0.3, -0.25) is 18.9 Å². The van der Waals surface area contributed by atoms with Crippen molar-refractivity contribution in [1.29, 1.82) is 0 Å². The van der Waals surface area contributed by atoms with Gasteiger partial charge in [0.25, 0.3) is 7.82 Å². The lowest BCUT2D eigenvalue weighted by molar-refractivity contribution is -0.870. The molecule has 2 N–H and O–H groups in total. The summed E-state index contributed by atoms with van der Waals surface area (Å²) in [6, 6.07) is 0. The number of carbonyl (C=O) groups is 3. The van der Waals surface area contributed by atoms with E-state index in [0.29, 0.717) is 36.7 Å². The maximum absolute atomic E-state index is 12.8. The van der Waals surface area contributed by atoms with Crippen LogP contribution in [0.25, 0.3) is 0 Å². The van der Waals surface area contributed by atoms with Crippen LogP contribution in [0, 0.1) is 11.8 Å². The summed E-state index contributed by atoms with van der Waals surface area (Å²) in [5, 5.41) is 20.8. The monoisotopic (exact) mass is 908 g/mol. The third-order valence-electron chi connectivity index (χ3n) is 10.9. The number of hydrogen-bond donors (Lipinski definition) is 2. The molecule has 1 unspecified atom stereocenters. The van der Waals surface area contributed by atoms with Gasteiger partial charge in [-0.2, -0.15) is 0 Å². The quantitative estimate of drug-likeness (QED) is 0.0198. The van der Waals surface area contributed by atoms with Crippen molar-refractivity contribution in [2.24, 2.45) is 11.8 Å². The summed E-state index contributed by atoms with van der Waals surface area (Å²) in [4.78, 5) is 50.5. The molecule has 63 heavy (non-hydrogen) atoms. The van der Waals surface area contributed by atoms with Crippen molar-refractivity contribution in [1.82, 2.24) is 0 Å². The van der Waals surface area contributed by atoms with E-state index < -0.39 is 44.7 Å². The number of unbranched alkanes of at least 4 members (excludes halogenated alkanes) is 11. The number of ketones is 1. The highest BCUT2D eigenvalue weighted by atomic mass is 31.2. The van der Waals surface area contributed by atoms with Crippen molar-refractivity contribution in [3.8, 4) is 0 Å². The van der Waals surface area contributed by atoms with E-state index in [0.717, 1.165) is 77.0 Å². The lowest BCUT2D eigenvalue weighted by Crippen LogP contribution is -2.37. The number of hydrogen-bond acceptors (Lipinski definition) is 11. The Bertz CT molecular complexity index is 1420. The molecule has 12 nitrogen and oxygen atoms in total. The Morgan fingerprint density at radius 3 is 1.94 bits per heavy atom. The largest absolute Gasteiger partial charge is 0.756 e. The van der Waals surface area contributed by atoms with Gasteiger partial charge in [-0.1, -0.05) is 132 Å². The summed E-state index contributed by atoms with van der Waals surface area (Å²) >= 11 is 0. The summed E-state index contributed by atoms with van der Waals surface area (Å²) in [6.07, 6.45) is 37.2. The smallest absolute Gasteiger partial charge is 0.306 e. The Kier molecular flexibility index (Phi) is 33.8. The summed E-state index contributed by atoms with van der Waals surface area (Å²) < 4.78 is 33.9. The molecule has 1 rings (SSSR count). The van der Waals surface area contributed by atoms with Crippen molar-refractivity contribution < 1.29 is 57.1 Å². The topological polar surface area (TPSA) is 169 Å². The minimum Gasteiger partial charge on any atom is -0.756 e. The zero-order valence-electron chi connectivity index (χ0n) is 39.7. The second-order valence-corrected chi connectivity index (χ2v) is 19.3. The molecular formula is C50H86NO11P. The second-order valence-electron chi connectivity index (χ2n) is 17.9. The molecule has 6 atom stereocenters. The number of rotatable bonds is 39. The molecule has 0 heterocycles. The van der Waals surface area contributed by atoms with Crippen LogP contribution in [-0.2, 0) is 37.5 Å². The Hall–Kier alpha value is -2.70. The number of phosphoric ester groups is 1. The van der Waals surface area contributed by atoms with E-state index in [9.17, 15) is 34.1 Å². The second kappa shape index (κ2) is 36.5. The van der Waals surface area contributed by atoms with Crippen molar-refractivity contribution in [2.75, 3.05) is 47.5 Å². The van der Waals surface area contributed by atoms with Crippen LogP contribution in [-0.4, -0.2) is 98.2 Å². The number of aliphatic hydroxyl groups is 2. The SMILES string of the molecule is CCCCC/C=C\C/C=C\C/C=C\C/C=C\CCCCCC(=O)O[C@H](COC(=O)CCCCCC[C@H]1C(=O)C[C@@H](O)[C@@H]1/C=C/[C@@H](O)CCCCC)COP(=O)([O-])OCC[N+](C)(C)C. The molecule has 0 aromatic rings. The maximum atomic E-state index is 12.8. The van der Waals surface area contributed by atoms with E-state index in [1.807, 2.05) is 27.2 Å². The van der Waals surface area contributed by atoms with E-state index in [1.165, 1.54) is 25.7 Å². The molecule has 0 radical (unpaired) electrons. The number of aliphatic hydroxyl groups excluding tert-OH is 2. The molecule has 0 amide bonds. The average Bonchev–Trinajstić information content (AvgIpc) is 3.50. The molecule has 362 valence electrons. The zero-order valence-corrected chi connectivity index (χ0v) is 40.6. The van der Waals surface area contributed by atoms with E-state index in [4.69, 9.17) is 18.5 Å². The van der Waals surface area contributed by atoms with Gasteiger partial charge in [-0.05, 0) is 70.6 Å². The van der Waals surface area contributed by atoms with Gasteiger partial charge in [-0.15, -0.1) is 0 Å². The average molecular weight is 908 g/mol. The molecule has 1 fully saturated rings. The van der Waals surface area contributed by atoms with Crippen LogP contribution in [0.5, 0.6) is 0 Å². The lowest BCUT2D eigenvalue weighted by atomic mass is 9.88. The fourth-order valence-corrected chi connectivity index (χ4v) is 7.79. The summed E-state index contributed by atoms with van der Waals surface area (Å²) in [7, 11) is 1.00. The predicted octanol–water partition coefficient (Wildman–Crippen LogP) is 9.98. The molecule has 1 saturated carbocycles. The first-order valence-electron chi connectivity index (χ1n) is 24.1. The molecule has 0 aromatic carbocycles. The van der Waals surface area contributed by atoms with E-state index >= 15 is 0 Å². The third kappa shape index (κ3) is 33.4. The lowest BCUT2D eigenvalue weighted by Gasteiger charge is -2.28. The zero-order chi connectivity index (χ0) is 46.6. The van der Waals surface area contributed by atoms with Crippen LogP contribution < -0.4 is 4.89 Å². The number of ether oxygens (including phenoxy) is 2. The first-order valence-corrected chi connectivity index (χ1v) is 25.6. The fourth-order valence-electron chi connectivity index (χ4n) is 7.06. The minimum atomic E-state index is -4.70. The Morgan fingerprint density at radius 2 is 1.32 bits per heavy atom. The van der Waals surface area contributed by atoms with Crippen molar-refractivity contribution in [3.63, 3.8) is 0 Å². The highest BCUT2D eigenvalue weighted by Gasteiger charge is 2.39. The Labute approximate surface area is 381 Å². The number of nitrogens with zero attached hydrogens (tertiary/aromatic N) is 1. The molecule has 0 aromatic heterocycles. The van der Waals surface area contributed by atoms with Crippen LogP contribution in [0.3, 0.4) is 0 Å². The molecule has 0 bridgehead atoms. The van der Waals surface area contributed by atoms with Gasteiger partial charge in [-0.25, -0.2) is 0 Å². The van der Waals surface area contributed by atoms with Crippen molar-refractivity contribution in [3.05, 3.63) is 60.8 Å². The Morgan fingerprint density at radius 1 is 0.762 bits per heavy atom. The number of carbonyl (C=O) groups excluding carboxylic acids is 3. The maximum Gasteiger partial charge on any atom is 0.306 e. The van der Waals surface area contributed by atoms with Crippen molar-refractivity contribution >= 4 is 25.5 Å². The summed E-state index contributed by atoms with van der Waals surface area (Å²) in [5.74, 6) is -1.57. The van der Waals surface area contributed by atoms with E-state index in [1.54, 1.807) is 6.08 Å². The van der Waals surface area contributed by atoms with Gasteiger partial charge in [0.15, 0.2) is 6.10 Å². The molecule has 0 aliphatic heterocycles. The molecule has 0 spiro atoms. The first-order chi connectivity index (χ1) is 30.2. The van der Waals surface area contributed by atoms with Crippen LogP contribution in [0.15, 0.2) is 60.8 Å². The van der Waals surface area contributed by atoms with Crippen LogP contribution in [0.2, 0.25) is 0 Å². The van der Waals surface area contributed by atoms with Crippen molar-refractivity contribution in [2.45, 2.75) is 180 Å². The van der Waals surface area contributed by atoms with Crippen LogP contribution >= 0.6 is 7.82 Å². The highest BCUT2D eigenvalue weighted by molar-refractivity contribution is 7.45. The van der Waals surface area contributed by atoms with Gasteiger partial charge in [0, 0.05) is 31.1 Å². The van der Waals surface area contributed by atoms with E-state index in [2.05, 4.69) is 62.5 Å². The first kappa shape index (κ1) is 58.3. The number of quaternary nitrogens is 1. The molecule has 1 aliphatic carbocycles. The number of likely N-dealkylation sites (N-methyl/N-ethyl adjacent to an activating group) is 1. The third-order valence-corrected chi connectivity index (χ3v) is 11.9. The van der Waals surface area contributed by atoms with Crippen LogP contribution in [0.1, 0.15) is 162 Å². The normalized spacial score (nSPS) is 19.3. The highest BCUT2D eigenvalue weighted by Crippen LogP contribution is 2.38. The standard InChI is InChI=1S/C50H86NO11P/c1-6-8-10-11-12-13-14-15-16-17-18-19-20-21-22-23-24-25-31-35-50(56)62-44(42-61-63(57,58)60-39-38-51(3,4)5)41-59-49(55)34-30-27-26-29-33-45-46(48(54)40-47(45)53)37-36-43(52)32-28-9-7-2/h12-13,15-16,18-19,21-22,36-37,43-46,48,52,54H,6-11,14,17,20,23-35,38-42H2,1-5H3/b13-12-,16-15-,19-18-,22-21-,37-36+/t43-,44+,45+,46+,48+/m0/s1. The predicted molar refractivity (Wildman–Crippen MR) is 250 cm³/mol. The number of phosphoric acid groups is 1. The van der Waals surface area contributed by atoms with E-state index in [-0.39, 0.29) is 50.1 Å². The number of Topliss-reactive ketones (excluding diaryl/α,β-unsaturated/α-hetero) is 1. The summed E-state index contributed by atoms with van der Waals surface area (Å²) in [5.41, 5.74) is 0. The molecular weight excluding hydrogens is 822 g/mol. The van der Waals surface area contributed by atoms with Gasteiger partial charge < -0.3 is 38.1 Å². The Balaban J connectivity index is 2.46.